The number of hydrogen-bond acceptors (Lipinski definition) is 6. The maximum absolute atomic E-state index is 5.79. The lowest BCUT2D eigenvalue weighted by Crippen LogP contribution is -2.45. The Morgan fingerprint density at radius 1 is 1.09 bits per heavy atom. The van der Waals surface area contributed by atoms with Crippen molar-refractivity contribution in [3.8, 4) is 0 Å². The first-order chi connectivity index (χ1) is 11.3. The Morgan fingerprint density at radius 2 is 1.83 bits per heavy atom. The highest BCUT2D eigenvalue weighted by atomic mass is 16.7. The van der Waals surface area contributed by atoms with Gasteiger partial charge in [-0.15, -0.1) is 0 Å². The van der Waals surface area contributed by atoms with Gasteiger partial charge < -0.3 is 19.7 Å². The smallest absolute Gasteiger partial charge is 0.227 e. The van der Waals surface area contributed by atoms with Gasteiger partial charge in [-0.25, -0.2) is 4.98 Å². The Kier molecular flexibility index (Phi) is 4.35. The van der Waals surface area contributed by atoms with Crippen LogP contribution in [0.5, 0.6) is 0 Å². The largest absolute Gasteiger partial charge is 0.367 e. The van der Waals surface area contributed by atoms with Gasteiger partial charge >= 0.3 is 0 Å². The van der Waals surface area contributed by atoms with Gasteiger partial charge in [0.2, 0.25) is 5.95 Å². The molecular weight excluding hydrogens is 292 g/mol. The van der Waals surface area contributed by atoms with Crippen LogP contribution in [0.15, 0.2) is 12.3 Å². The van der Waals surface area contributed by atoms with E-state index >= 15 is 0 Å². The van der Waals surface area contributed by atoms with Gasteiger partial charge in [-0.3, -0.25) is 0 Å². The topological polar surface area (TPSA) is 59.5 Å². The van der Waals surface area contributed by atoms with Gasteiger partial charge in [0.05, 0.1) is 13.2 Å². The highest BCUT2D eigenvalue weighted by Crippen LogP contribution is 2.32. The minimum absolute atomic E-state index is 0.339. The average Bonchev–Trinajstić information content (AvgIpc) is 3.05. The Balaban J connectivity index is 1.38. The average molecular weight is 318 g/mol. The van der Waals surface area contributed by atoms with Crippen molar-refractivity contribution >= 4 is 11.8 Å². The van der Waals surface area contributed by atoms with E-state index in [-0.39, 0.29) is 5.79 Å². The first kappa shape index (κ1) is 15.1. The van der Waals surface area contributed by atoms with Crippen LogP contribution in [0.1, 0.15) is 44.9 Å². The van der Waals surface area contributed by atoms with Gasteiger partial charge in [-0.1, -0.05) is 19.3 Å². The van der Waals surface area contributed by atoms with E-state index in [1.165, 1.54) is 32.1 Å². The number of piperidine rings is 1. The molecule has 2 saturated heterocycles. The summed E-state index contributed by atoms with van der Waals surface area (Å²) in [5, 5.41) is 3.58. The molecule has 0 amide bonds. The Bertz CT molecular complexity index is 517. The van der Waals surface area contributed by atoms with Gasteiger partial charge in [-0.05, 0) is 18.9 Å². The maximum Gasteiger partial charge on any atom is 0.227 e. The highest BCUT2D eigenvalue weighted by molar-refractivity contribution is 5.42. The summed E-state index contributed by atoms with van der Waals surface area (Å²) < 4.78 is 11.6. The molecule has 0 radical (unpaired) electrons. The van der Waals surface area contributed by atoms with E-state index in [0.717, 1.165) is 50.9 Å². The molecule has 6 heteroatoms. The minimum Gasteiger partial charge on any atom is -0.367 e. The molecule has 0 bridgehead atoms. The predicted molar refractivity (Wildman–Crippen MR) is 88.6 cm³/mol. The fourth-order valence-corrected chi connectivity index (χ4v) is 3.87. The second-order valence-electron chi connectivity index (χ2n) is 6.82. The van der Waals surface area contributed by atoms with Crippen molar-refractivity contribution in [3.63, 3.8) is 0 Å². The van der Waals surface area contributed by atoms with E-state index in [4.69, 9.17) is 14.5 Å². The third kappa shape index (κ3) is 3.43. The van der Waals surface area contributed by atoms with Gasteiger partial charge in [0.1, 0.15) is 5.82 Å². The van der Waals surface area contributed by atoms with Crippen LogP contribution in [-0.4, -0.2) is 48.1 Å². The Labute approximate surface area is 137 Å². The van der Waals surface area contributed by atoms with Crippen molar-refractivity contribution in [2.45, 2.75) is 56.8 Å². The maximum atomic E-state index is 5.79. The Hall–Kier alpha value is -1.40. The fourth-order valence-electron chi connectivity index (χ4n) is 3.87. The quantitative estimate of drug-likeness (QED) is 0.924. The molecule has 4 rings (SSSR count). The van der Waals surface area contributed by atoms with Crippen LogP contribution in [0.25, 0.3) is 0 Å². The van der Waals surface area contributed by atoms with Crippen LogP contribution in [0.2, 0.25) is 0 Å². The molecule has 1 N–H and O–H groups in total. The minimum atomic E-state index is -0.339. The van der Waals surface area contributed by atoms with Gasteiger partial charge in [-0.2, -0.15) is 4.98 Å². The molecule has 3 aliphatic rings. The number of ether oxygens (including phenoxy) is 2. The molecular formula is C17H26N4O2. The fraction of sp³-hybridized carbons (Fsp3) is 0.765. The van der Waals surface area contributed by atoms with Crippen LogP contribution in [0, 0.1) is 0 Å². The summed E-state index contributed by atoms with van der Waals surface area (Å²) in [5.41, 5.74) is 0. The van der Waals surface area contributed by atoms with Gasteiger partial charge in [0.15, 0.2) is 5.79 Å². The van der Waals surface area contributed by atoms with Crippen molar-refractivity contribution in [2.24, 2.45) is 0 Å². The molecule has 1 aromatic rings. The van der Waals surface area contributed by atoms with E-state index in [0.29, 0.717) is 6.04 Å². The van der Waals surface area contributed by atoms with Crippen molar-refractivity contribution in [1.82, 2.24) is 9.97 Å². The molecule has 0 aromatic carbocycles. The predicted octanol–water partition coefficient (Wildman–Crippen LogP) is 2.56. The lowest BCUT2D eigenvalue weighted by molar-refractivity contribution is -0.169. The first-order valence-corrected chi connectivity index (χ1v) is 8.95. The van der Waals surface area contributed by atoms with Crippen molar-refractivity contribution in [2.75, 3.05) is 36.5 Å². The van der Waals surface area contributed by atoms with Gasteiger partial charge in [0.25, 0.3) is 0 Å². The standard InChI is InChI=1S/C17H26N4O2/c1-2-4-14(5-3-1)19-15-6-9-18-16(20-15)21-10-7-17(8-11-21)22-12-13-23-17/h6,9,14H,1-5,7-8,10-13H2,(H,18,19,20). The number of aromatic nitrogens is 2. The summed E-state index contributed by atoms with van der Waals surface area (Å²) in [6, 6.07) is 2.55. The third-order valence-corrected chi connectivity index (χ3v) is 5.22. The van der Waals surface area contributed by atoms with E-state index in [1.807, 2.05) is 12.3 Å². The molecule has 0 unspecified atom stereocenters. The zero-order valence-electron chi connectivity index (χ0n) is 13.7. The number of nitrogens with one attached hydrogen (secondary N) is 1. The SMILES string of the molecule is c1cc(NC2CCCCC2)nc(N2CCC3(CC2)OCCO3)n1. The summed E-state index contributed by atoms with van der Waals surface area (Å²) in [4.78, 5) is 11.4. The normalized spacial score (nSPS) is 25.0. The molecule has 3 heterocycles. The molecule has 23 heavy (non-hydrogen) atoms. The summed E-state index contributed by atoms with van der Waals surface area (Å²) in [6.45, 7) is 3.20. The lowest BCUT2D eigenvalue weighted by atomic mass is 9.95. The van der Waals surface area contributed by atoms with Gasteiger partial charge in [0, 0.05) is 38.2 Å². The van der Waals surface area contributed by atoms with Crippen LogP contribution >= 0.6 is 0 Å². The number of nitrogens with zero attached hydrogens (tertiary/aromatic N) is 3. The summed E-state index contributed by atoms with van der Waals surface area (Å²) in [6.07, 6.45) is 10.1. The molecule has 6 nitrogen and oxygen atoms in total. The lowest BCUT2D eigenvalue weighted by Gasteiger charge is -2.37. The molecule has 126 valence electrons. The first-order valence-electron chi connectivity index (χ1n) is 8.95. The van der Waals surface area contributed by atoms with Crippen molar-refractivity contribution in [1.29, 1.82) is 0 Å². The monoisotopic (exact) mass is 318 g/mol. The van der Waals surface area contributed by atoms with E-state index in [1.54, 1.807) is 0 Å². The van der Waals surface area contributed by atoms with Crippen LogP contribution in [0.3, 0.4) is 0 Å². The molecule has 3 fully saturated rings. The molecule has 1 aliphatic carbocycles. The van der Waals surface area contributed by atoms with E-state index < -0.39 is 0 Å². The number of hydrogen-bond donors (Lipinski definition) is 1. The molecule has 1 spiro atoms. The molecule has 0 atom stereocenters. The van der Waals surface area contributed by atoms with Crippen LogP contribution < -0.4 is 10.2 Å². The van der Waals surface area contributed by atoms with E-state index in [2.05, 4.69) is 15.2 Å². The van der Waals surface area contributed by atoms with Crippen LogP contribution in [-0.2, 0) is 9.47 Å². The van der Waals surface area contributed by atoms with Crippen molar-refractivity contribution in [3.05, 3.63) is 12.3 Å². The summed E-state index contributed by atoms with van der Waals surface area (Å²) in [5.74, 6) is 1.43. The summed E-state index contributed by atoms with van der Waals surface area (Å²) in [7, 11) is 0. The highest BCUT2D eigenvalue weighted by Gasteiger charge is 2.40. The second-order valence-corrected chi connectivity index (χ2v) is 6.82. The number of anilines is 2. The summed E-state index contributed by atoms with van der Waals surface area (Å²) >= 11 is 0. The third-order valence-electron chi connectivity index (χ3n) is 5.22. The van der Waals surface area contributed by atoms with Crippen LogP contribution in [0.4, 0.5) is 11.8 Å². The second kappa shape index (κ2) is 6.61. The Morgan fingerprint density at radius 3 is 2.57 bits per heavy atom. The van der Waals surface area contributed by atoms with Crippen molar-refractivity contribution < 1.29 is 9.47 Å². The molecule has 1 aromatic heterocycles. The zero-order chi connectivity index (χ0) is 15.5. The molecule has 2 aliphatic heterocycles. The van der Waals surface area contributed by atoms with E-state index in [9.17, 15) is 0 Å². The zero-order valence-corrected chi connectivity index (χ0v) is 13.7. The molecule has 1 saturated carbocycles. The number of rotatable bonds is 3.